The van der Waals surface area contributed by atoms with Crippen LogP contribution in [0.15, 0.2) is 12.1 Å². The van der Waals surface area contributed by atoms with Crippen LogP contribution in [-0.4, -0.2) is 16.1 Å². The summed E-state index contributed by atoms with van der Waals surface area (Å²) in [4.78, 5) is 15.1. The molecule has 0 aliphatic rings. The second-order valence-corrected chi connectivity index (χ2v) is 6.09. The Morgan fingerprint density at radius 1 is 0.857 bits per heavy atom. The molecule has 1 aromatic heterocycles. The van der Waals surface area contributed by atoms with E-state index in [1.165, 1.54) is 12.1 Å². The lowest BCUT2D eigenvalue weighted by atomic mass is 10.1. The average molecular weight is 406 g/mol. The topological polar surface area (TPSA) is 50.2 Å². The summed E-state index contributed by atoms with van der Waals surface area (Å²) >= 11 is 35.8. The number of carbonyl (C=O) groups is 1. The minimum atomic E-state index is -1.18. The molecule has 0 atom stereocenters. The van der Waals surface area contributed by atoms with Crippen LogP contribution in [0.4, 0.5) is 0 Å². The molecule has 0 fully saturated rings. The first-order valence-corrected chi connectivity index (χ1v) is 7.43. The molecule has 1 N–H and O–H groups in total. The van der Waals surface area contributed by atoms with Crippen molar-refractivity contribution in [1.29, 1.82) is 0 Å². The number of nitrogens with zero attached hydrogens (tertiary/aromatic N) is 1. The number of rotatable bonds is 2. The Kier molecular flexibility index (Phi) is 5.14. The molecule has 0 saturated heterocycles. The minimum Gasteiger partial charge on any atom is -0.478 e. The molecule has 9 heteroatoms. The van der Waals surface area contributed by atoms with E-state index in [4.69, 9.17) is 74.7 Å². The second kappa shape index (κ2) is 6.37. The lowest BCUT2D eigenvalue weighted by molar-refractivity contribution is 0.0697. The maximum absolute atomic E-state index is 11.1. The van der Waals surface area contributed by atoms with E-state index in [2.05, 4.69) is 4.98 Å². The first-order chi connectivity index (χ1) is 9.73. The lowest BCUT2D eigenvalue weighted by Crippen LogP contribution is -1.99. The molecule has 1 heterocycles. The van der Waals surface area contributed by atoms with E-state index < -0.39 is 5.97 Å². The Balaban J connectivity index is 2.82. The van der Waals surface area contributed by atoms with Crippen LogP contribution in [-0.2, 0) is 0 Å². The highest BCUT2D eigenvalue weighted by molar-refractivity contribution is 6.56. The van der Waals surface area contributed by atoms with Crippen LogP contribution in [0.2, 0.25) is 30.3 Å². The van der Waals surface area contributed by atoms with Crippen molar-refractivity contribution >= 4 is 75.6 Å². The van der Waals surface area contributed by atoms with Gasteiger partial charge in [0, 0.05) is 5.56 Å². The summed E-state index contributed by atoms with van der Waals surface area (Å²) in [7, 11) is 0. The summed E-state index contributed by atoms with van der Waals surface area (Å²) in [6.45, 7) is 0. The third kappa shape index (κ3) is 3.19. The summed E-state index contributed by atoms with van der Waals surface area (Å²) in [5.41, 5.74) is 0.192. The van der Waals surface area contributed by atoms with Crippen LogP contribution in [0.5, 0.6) is 0 Å². The minimum absolute atomic E-state index is 0.00201. The Bertz CT molecular complexity index is 733. The van der Waals surface area contributed by atoms with Crippen LogP contribution in [0.25, 0.3) is 11.3 Å². The van der Waals surface area contributed by atoms with Crippen molar-refractivity contribution in [2.24, 2.45) is 0 Å². The number of carboxylic acids is 1. The fraction of sp³-hybridized carbons (Fsp3) is 0. The predicted octanol–water partition coefficient (Wildman–Crippen LogP) is 6.37. The van der Waals surface area contributed by atoms with Gasteiger partial charge >= 0.3 is 5.97 Å². The highest BCUT2D eigenvalue weighted by Crippen LogP contribution is 2.47. The predicted molar refractivity (Wildman–Crippen MR) is 86.7 cm³/mol. The maximum Gasteiger partial charge on any atom is 0.335 e. The largest absolute Gasteiger partial charge is 0.478 e. The molecule has 0 aliphatic heterocycles. The molecule has 2 rings (SSSR count). The van der Waals surface area contributed by atoms with Crippen molar-refractivity contribution in [3.8, 4) is 11.3 Å². The molecular formula is C12H3Cl6NO2. The van der Waals surface area contributed by atoms with E-state index in [1.807, 2.05) is 0 Å². The third-order valence-electron chi connectivity index (χ3n) is 2.51. The highest BCUT2D eigenvalue weighted by Gasteiger charge is 2.22. The number of halogens is 6. The SMILES string of the molecule is O=C(O)c1cc(Cl)nc(-c2c(Cl)c(Cl)c(Cl)c(Cl)c2Cl)c1. The Labute approximate surface area is 149 Å². The number of hydrogen-bond donors (Lipinski definition) is 1. The van der Waals surface area contributed by atoms with Gasteiger partial charge in [0.2, 0.25) is 0 Å². The molecule has 0 aliphatic carbocycles. The van der Waals surface area contributed by atoms with Gasteiger partial charge < -0.3 is 5.11 Å². The zero-order valence-electron chi connectivity index (χ0n) is 9.73. The second-order valence-electron chi connectivity index (χ2n) is 3.81. The first-order valence-electron chi connectivity index (χ1n) is 5.16. The Hall–Kier alpha value is -0.420. The number of aromatic nitrogens is 1. The highest BCUT2D eigenvalue weighted by atomic mass is 35.5. The maximum atomic E-state index is 11.1. The Morgan fingerprint density at radius 3 is 1.81 bits per heavy atom. The summed E-state index contributed by atoms with van der Waals surface area (Å²) in [6, 6.07) is 2.44. The monoisotopic (exact) mass is 403 g/mol. The van der Waals surface area contributed by atoms with E-state index >= 15 is 0 Å². The smallest absolute Gasteiger partial charge is 0.335 e. The zero-order chi connectivity index (χ0) is 15.9. The number of benzene rings is 1. The summed E-state index contributed by atoms with van der Waals surface area (Å²) < 4.78 is 0. The van der Waals surface area contributed by atoms with Crippen molar-refractivity contribution in [3.63, 3.8) is 0 Å². The van der Waals surface area contributed by atoms with E-state index in [0.717, 1.165) is 0 Å². The zero-order valence-corrected chi connectivity index (χ0v) is 14.3. The number of hydrogen-bond acceptors (Lipinski definition) is 2. The van der Waals surface area contributed by atoms with Gasteiger partial charge in [-0.2, -0.15) is 0 Å². The van der Waals surface area contributed by atoms with Crippen molar-refractivity contribution in [2.45, 2.75) is 0 Å². The normalized spacial score (nSPS) is 10.8. The van der Waals surface area contributed by atoms with Crippen molar-refractivity contribution in [2.75, 3.05) is 0 Å². The van der Waals surface area contributed by atoms with Gasteiger partial charge in [-0.15, -0.1) is 0 Å². The lowest BCUT2D eigenvalue weighted by Gasteiger charge is -2.12. The van der Waals surface area contributed by atoms with Gasteiger partial charge in [0.15, 0.2) is 0 Å². The van der Waals surface area contributed by atoms with Crippen LogP contribution in [0.1, 0.15) is 10.4 Å². The van der Waals surface area contributed by atoms with Gasteiger partial charge in [-0.25, -0.2) is 9.78 Å². The van der Waals surface area contributed by atoms with Gasteiger partial charge in [-0.3, -0.25) is 0 Å². The van der Waals surface area contributed by atoms with Crippen LogP contribution in [0.3, 0.4) is 0 Å². The fourth-order valence-electron chi connectivity index (χ4n) is 1.58. The van der Waals surface area contributed by atoms with Crippen LogP contribution < -0.4 is 0 Å². The molecule has 0 spiro atoms. The fourth-order valence-corrected chi connectivity index (χ4v) is 3.12. The molecule has 2 aromatic rings. The quantitative estimate of drug-likeness (QED) is 0.359. The van der Waals surface area contributed by atoms with Crippen molar-refractivity contribution in [1.82, 2.24) is 4.98 Å². The molecule has 0 unspecified atom stereocenters. The number of pyridine rings is 1. The molecular weight excluding hydrogens is 403 g/mol. The molecule has 0 radical (unpaired) electrons. The standard InChI is InChI=1S/C12H3Cl6NO2/c13-5-2-3(12(20)21)1-4(19-5)6-7(14)9(16)11(18)10(17)8(6)15/h1-2H,(H,20,21). The van der Waals surface area contributed by atoms with E-state index in [9.17, 15) is 4.79 Å². The van der Waals surface area contributed by atoms with Gasteiger partial charge in [0.05, 0.1) is 36.4 Å². The van der Waals surface area contributed by atoms with Gasteiger partial charge in [-0.05, 0) is 12.1 Å². The van der Waals surface area contributed by atoms with Crippen molar-refractivity contribution < 1.29 is 9.90 Å². The third-order valence-corrected chi connectivity index (χ3v) is 4.98. The van der Waals surface area contributed by atoms with E-state index in [-0.39, 0.29) is 47.1 Å². The van der Waals surface area contributed by atoms with Gasteiger partial charge in [0.25, 0.3) is 0 Å². The molecule has 3 nitrogen and oxygen atoms in total. The molecule has 21 heavy (non-hydrogen) atoms. The van der Waals surface area contributed by atoms with Gasteiger partial charge in [-0.1, -0.05) is 69.6 Å². The molecule has 0 saturated carbocycles. The molecule has 1 aromatic carbocycles. The van der Waals surface area contributed by atoms with Crippen LogP contribution in [0, 0.1) is 0 Å². The molecule has 110 valence electrons. The van der Waals surface area contributed by atoms with E-state index in [0.29, 0.717) is 0 Å². The number of aromatic carboxylic acids is 1. The van der Waals surface area contributed by atoms with E-state index in [1.54, 1.807) is 0 Å². The number of carboxylic acid groups (broad SMARTS) is 1. The first kappa shape index (κ1) is 16.9. The molecule has 0 bridgehead atoms. The summed E-state index contributed by atoms with van der Waals surface area (Å²) in [5.74, 6) is -1.18. The van der Waals surface area contributed by atoms with Gasteiger partial charge in [0.1, 0.15) is 5.15 Å². The summed E-state index contributed by atoms with van der Waals surface area (Å²) in [6.07, 6.45) is 0. The molecule has 0 amide bonds. The van der Waals surface area contributed by atoms with Crippen molar-refractivity contribution in [3.05, 3.63) is 48.0 Å². The van der Waals surface area contributed by atoms with Crippen LogP contribution >= 0.6 is 69.6 Å². The average Bonchev–Trinajstić information content (AvgIpc) is 2.42. The Morgan fingerprint density at radius 2 is 1.33 bits per heavy atom. The summed E-state index contributed by atoms with van der Waals surface area (Å²) in [5, 5.41) is 8.98.